The van der Waals surface area contributed by atoms with Gasteiger partial charge in [-0.25, -0.2) is 4.79 Å². The van der Waals surface area contributed by atoms with Crippen LogP contribution in [0, 0.1) is 0 Å². The summed E-state index contributed by atoms with van der Waals surface area (Å²) in [5.74, 6) is 0. The monoisotopic (exact) mass is 202 g/mol. The number of nitrogens with zero attached hydrogens (tertiary/aromatic N) is 1. The number of rotatable bonds is 1. The number of hydrogen-bond acceptors (Lipinski definition) is 4. The smallest absolute Gasteiger partial charge is 0.410 e. The molecule has 0 saturated carbocycles. The average Bonchev–Trinajstić information content (AvgIpc) is 1.95. The minimum absolute atomic E-state index is 0.337. The van der Waals surface area contributed by atoms with Crippen molar-refractivity contribution in [3.8, 4) is 0 Å². The van der Waals surface area contributed by atoms with E-state index in [2.05, 4.69) is 0 Å². The zero-order chi connectivity index (χ0) is 11.0. The van der Waals surface area contributed by atoms with Crippen LogP contribution < -0.4 is 5.73 Å². The molecule has 82 valence electrons. The first-order valence-corrected chi connectivity index (χ1v) is 4.58. The summed E-state index contributed by atoms with van der Waals surface area (Å²) in [6, 6.07) is 0. The molecule has 0 aromatic rings. The van der Waals surface area contributed by atoms with Crippen LogP contribution in [-0.2, 0) is 9.47 Å². The highest BCUT2D eigenvalue weighted by molar-refractivity contribution is 5.69. The van der Waals surface area contributed by atoms with E-state index in [-0.39, 0.29) is 6.09 Å². The fraction of sp³-hybridized carbons (Fsp3) is 0.889. The van der Waals surface area contributed by atoms with Crippen molar-refractivity contribution in [3.05, 3.63) is 0 Å². The van der Waals surface area contributed by atoms with Crippen molar-refractivity contribution < 1.29 is 14.3 Å². The van der Waals surface area contributed by atoms with E-state index in [1.54, 1.807) is 0 Å². The van der Waals surface area contributed by atoms with Crippen molar-refractivity contribution >= 4 is 6.09 Å². The summed E-state index contributed by atoms with van der Waals surface area (Å²) in [5, 5.41) is 0. The van der Waals surface area contributed by atoms with Gasteiger partial charge in [0, 0.05) is 7.11 Å². The van der Waals surface area contributed by atoms with Gasteiger partial charge in [-0.05, 0) is 20.8 Å². The number of likely N-dealkylation sites (tertiary alicyclic amines) is 1. The highest BCUT2D eigenvalue weighted by atomic mass is 16.6. The van der Waals surface area contributed by atoms with Gasteiger partial charge in [0.1, 0.15) is 5.60 Å². The number of amides is 1. The lowest BCUT2D eigenvalue weighted by Gasteiger charge is -2.45. The number of carbonyl (C=O) groups is 1. The third-order valence-electron chi connectivity index (χ3n) is 1.98. The number of nitrogens with two attached hydrogens (primary N) is 1. The van der Waals surface area contributed by atoms with Gasteiger partial charge in [0.05, 0.1) is 13.1 Å². The Morgan fingerprint density at radius 3 is 2.29 bits per heavy atom. The van der Waals surface area contributed by atoms with Gasteiger partial charge in [0.25, 0.3) is 0 Å². The molecule has 1 amide bonds. The van der Waals surface area contributed by atoms with Crippen LogP contribution in [0.15, 0.2) is 0 Å². The first-order chi connectivity index (χ1) is 6.26. The van der Waals surface area contributed by atoms with Crippen molar-refractivity contribution in [1.29, 1.82) is 0 Å². The summed E-state index contributed by atoms with van der Waals surface area (Å²) in [6.45, 7) is 6.26. The van der Waals surface area contributed by atoms with Crippen LogP contribution in [0.3, 0.4) is 0 Å². The van der Waals surface area contributed by atoms with E-state index >= 15 is 0 Å². The molecule has 0 atom stereocenters. The fourth-order valence-electron chi connectivity index (χ4n) is 1.18. The van der Waals surface area contributed by atoms with Crippen molar-refractivity contribution in [3.63, 3.8) is 0 Å². The first kappa shape index (κ1) is 11.3. The predicted molar refractivity (Wildman–Crippen MR) is 51.7 cm³/mol. The normalized spacial score (nSPS) is 20.2. The second-order valence-corrected chi connectivity index (χ2v) is 4.61. The topological polar surface area (TPSA) is 64.8 Å². The van der Waals surface area contributed by atoms with Crippen LogP contribution in [0.25, 0.3) is 0 Å². The molecule has 1 rings (SSSR count). The third-order valence-corrected chi connectivity index (χ3v) is 1.98. The summed E-state index contributed by atoms with van der Waals surface area (Å²) >= 11 is 0. The Morgan fingerprint density at radius 1 is 1.43 bits per heavy atom. The molecule has 0 unspecified atom stereocenters. The van der Waals surface area contributed by atoms with Gasteiger partial charge in [-0.3, -0.25) is 4.90 Å². The van der Waals surface area contributed by atoms with Crippen molar-refractivity contribution in [2.75, 3.05) is 20.2 Å². The number of methoxy groups -OCH3 is 1. The fourth-order valence-corrected chi connectivity index (χ4v) is 1.18. The molecule has 0 bridgehead atoms. The zero-order valence-electron chi connectivity index (χ0n) is 9.16. The van der Waals surface area contributed by atoms with Gasteiger partial charge in [0.2, 0.25) is 0 Å². The summed E-state index contributed by atoms with van der Waals surface area (Å²) in [7, 11) is 1.53. The van der Waals surface area contributed by atoms with Crippen molar-refractivity contribution in [2.45, 2.75) is 32.1 Å². The molecule has 2 N–H and O–H groups in total. The Morgan fingerprint density at radius 2 is 1.93 bits per heavy atom. The second-order valence-electron chi connectivity index (χ2n) is 4.61. The van der Waals surface area contributed by atoms with Gasteiger partial charge in [-0.1, -0.05) is 0 Å². The Bertz CT molecular complexity index is 229. The van der Waals surface area contributed by atoms with E-state index in [9.17, 15) is 4.79 Å². The maximum absolute atomic E-state index is 11.4. The predicted octanol–water partition coefficient (Wildman–Crippen LogP) is 0.538. The molecule has 1 fully saturated rings. The van der Waals surface area contributed by atoms with E-state index in [1.807, 2.05) is 20.8 Å². The Kier molecular flexibility index (Phi) is 2.74. The van der Waals surface area contributed by atoms with E-state index in [4.69, 9.17) is 15.2 Å². The molecule has 0 aromatic carbocycles. The third kappa shape index (κ3) is 2.59. The SMILES string of the molecule is COC1(N)CN(C(=O)OC(C)(C)C)C1. The minimum atomic E-state index is -0.684. The lowest BCUT2D eigenvalue weighted by atomic mass is 10.1. The maximum Gasteiger partial charge on any atom is 0.410 e. The van der Waals surface area contributed by atoms with Crippen LogP contribution in [0.2, 0.25) is 0 Å². The molecule has 0 aliphatic carbocycles. The molecule has 0 spiro atoms. The molecular weight excluding hydrogens is 184 g/mol. The summed E-state index contributed by atoms with van der Waals surface area (Å²) < 4.78 is 10.2. The largest absolute Gasteiger partial charge is 0.444 e. The Labute approximate surface area is 84.1 Å². The van der Waals surface area contributed by atoms with Crippen molar-refractivity contribution in [1.82, 2.24) is 4.90 Å². The minimum Gasteiger partial charge on any atom is -0.444 e. The van der Waals surface area contributed by atoms with Crippen LogP contribution in [0.1, 0.15) is 20.8 Å². The molecule has 1 heterocycles. The van der Waals surface area contributed by atoms with Gasteiger partial charge < -0.3 is 15.2 Å². The highest BCUT2D eigenvalue weighted by Crippen LogP contribution is 2.21. The molecule has 5 heteroatoms. The number of ether oxygens (including phenoxy) is 2. The molecule has 14 heavy (non-hydrogen) atoms. The Balaban J connectivity index is 2.37. The average molecular weight is 202 g/mol. The van der Waals surface area contributed by atoms with Gasteiger partial charge in [0.15, 0.2) is 5.72 Å². The maximum atomic E-state index is 11.4. The van der Waals surface area contributed by atoms with Gasteiger partial charge in [-0.2, -0.15) is 0 Å². The summed E-state index contributed by atoms with van der Waals surface area (Å²) in [4.78, 5) is 13.0. The summed E-state index contributed by atoms with van der Waals surface area (Å²) in [5.41, 5.74) is 4.58. The van der Waals surface area contributed by atoms with Crippen molar-refractivity contribution in [2.24, 2.45) is 5.73 Å². The molecular formula is C9H18N2O3. The van der Waals surface area contributed by atoms with Crippen LogP contribution in [0.5, 0.6) is 0 Å². The lowest BCUT2D eigenvalue weighted by Crippen LogP contribution is -2.69. The summed E-state index contributed by atoms with van der Waals surface area (Å²) in [6.07, 6.45) is -0.337. The molecule has 1 aliphatic heterocycles. The zero-order valence-corrected chi connectivity index (χ0v) is 9.16. The number of hydrogen-bond donors (Lipinski definition) is 1. The Hall–Kier alpha value is -0.810. The van der Waals surface area contributed by atoms with E-state index < -0.39 is 11.3 Å². The van der Waals surface area contributed by atoms with Crippen LogP contribution in [0.4, 0.5) is 4.79 Å². The van der Waals surface area contributed by atoms with E-state index in [0.717, 1.165) is 0 Å². The van der Waals surface area contributed by atoms with Crippen LogP contribution >= 0.6 is 0 Å². The van der Waals surface area contributed by atoms with Gasteiger partial charge >= 0.3 is 6.09 Å². The number of carbonyl (C=O) groups excluding carboxylic acids is 1. The first-order valence-electron chi connectivity index (χ1n) is 4.58. The molecule has 1 saturated heterocycles. The second kappa shape index (κ2) is 3.40. The van der Waals surface area contributed by atoms with Gasteiger partial charge in [-0.15, -0.1) is 0 Å². The molecule has 1 aliphatic rings. The van der Waals surface area contributed by atoms with Crippen LogP contribution in [-0.4, -0.2) is 42.5 Å². The lowest BCUT2D eigenvalue weighted by molar-refractivity contribution is -0.117. The standard InChI is InChI=1S/C9H18N2O3/c1-8(2,3)14-7(12)11-5-9(10,6-11)13-4/h5-6,10H2,1-4H3. The van der Waals surface area contributed by atoms with E-state index in [0.29, 0.717) is 13.1 Å². The molecule has 0 radical (unpaired) electrons. The molecule has 0 aromatic heterocycles. The quantitative estimate of drug-likeness (QED) is 0.630. The highest BCUT2D eigenvalue weighted by Gasteiger charge is 2.43. The van der Waals surface area contributed by atoms with E-state index in [1.165, 1.54) is 12.0 Å². The molecule has 5 nitrogen and oxygen atoms in total.